The number of para-hydroxylation sites is 1. The molecule has 138 valence electrons. The van der Waals surface area contributed by atoms with Crippen molar-refractivity contribution >= 4 is 28.2 Å². The van der Waals surface area contributed by atoms with E-state index in [4.69, 9.17) is 0 Å². The number of amides is 2. The largest absolute Gasteiger partial charge is 0.369 e. The zero-order valence-corrected chi connectivity index (χ0v) is 15.2. The first kappa shape index (κ1) is 17.1. The molecule has 1 aliphatic heterocycles. The Balaban J connectivity index is 1.39. The summed E-state index contributed by atoms with van der Waals surface area (Å²) in [6.07, 6.45) is 2.76. The lowest BCUT2D eigenvalue weighted by Crippen LogP contribution is -2.36. The Hall–Kier alpha value is -3.28. The van der Waals surface area contributed by atoms with Gasteiger partial charge in [0.15, 0.2) is 0 Å². The highest BCUT2D eigenvalue weighted by Crippen LogP contribution is 2.26. The number of carbonyl (C=O) groups excluding carboxylic acids is 1. The van der Waals surface area contributed by atoms with Crippen molar-refractivity contribution in [1.29, 1.82) is 0 Å². The molecule has 0 unspecified atom stereocenters. The second-order valence-electron chi connectivity index (χ2n) is 6.75. The third-order valence-electron chi connectivity index (χ3n) is 5.02. The molecule has 27 heavy (non-hydrogen) atoms. The van der Waals surface area contributed by atoms with Crippen LogP contribution in [0.1, 0.15) is 5.56 Å². The Bertz CT molecular complexity index is 1060. The van der Waals surface area contributed by atoms with Crippen molar-refractivity contribution in [2.24, 2.45) is 7.05 Å². The molecule has 0 saturated carbocycles. The summed E-state index contributed by atoms with van der Waals surface area (Å²) >= 11 is 0. The van der Waals surface area contributed by atoms with Crippen LogP contribution in [0.4, 0.5) is 16.2 Å². The van der Waals surface area contributed by atoms with Gasteiger partial charge in [-0.1, -0.05) is 24.3 Å². The number of anilines is 2. The van der Waals surface area contributed by atoms with Gasteiger partial charge in [-0.25, -0.2) is 4.79 Å². The van der Waals surface area contributed by atoms with E-state index >= 15 is 0 Å². The third kappa shape index (κ3) is 3.38. The number of hydrogen-bond acceptors (Lipinski definition) is 3. The van der Waals surface area contributed by atoms with Crippen molar-refractivity contribution in [2.45, 2.75) is 6.42 Å². The normalized spacial score (nSPS) is 12.9. The molecule has 1 aliphatic rings. The van der Waals surface area contributed by atoms with E-state index < -0.39 is 0 Å². The summed E-state index contributed by atoms with van der Waals surface area (Å²) in [7, 11) is 1.71. The smallest absolute Gasteiger partial charge is 0.319 e. The van der Waals surface area contributed by atoms with Gasteiger partial charge in [0.2, 0.25) is 0 Å². The second kappa shape index (κ2) is 7.15. The van der Waals surface area contributed by atoms with Crippen molar-refractivity contribution in [3.05, 3.63) is 70.6 Å². The van der Waals surface area contributed by atoms with E-state index in [1.165, 1.54) is 15.8 Å². The van der Waals surface area contributed by atoms with E-state index in [2.05, 4.69) is 33.7 Å². The minimum atomic E-state index is -0.268. The summed E-state index contributed by atoms with van der Waals surface area (Å²) in [6.45, 7) is 2.29. The van der Waals surface area contributed by atoms with Gasteiger partial charge in [-0.2, -0.15) is 0 Å². The molecular weight excluding hydrogens is 340 g/mol. The molecule has 0 bridgehead atoms. The first-order valence-corrected chi connectivity index (χ1v) is 9.09. The van der Waals surface area contributed by atoms with E-state index in [0.29, 0.717) is 17.6 Å². The maximum Gasteiger partial charge on any atom is 0.319 e. The highest BCUT2D eigenvalue weighted by molar-refractivity contribution is 6.01. The average Bonchev–Trinajstić information content (AvgIpc) is 3.08. The summed E-state index contributed by atoms with van der Waals surface area (Å²) in [6, 6.07) is 15.3. The van der Waals surface area contributed by atoms with Crippen molar-refractivity contribution in [3.63, 3.8) is 0 Å². The van der Waals surface area contributed by atoms with E-state index in [-0.39, 0.29) is 11.6 Å². The van der Waals surface area contributed by atoms with Gasteiger partial charge in [0.1, 0.15) is 0 Å². The zero-order valence-electron chi connectivity index (χ0n) is 15.2. The van der Waals surface area contributed by atoms with Crippen LogP contribution >= 0.6 is 0 Å². The summed E-state index contributed by atoms with van der Waals surface area (Å²) < 4.78 is 1.53. The maximum absolute atomic E-state index is 12.3. The first-order valence-electron chi connectivity index (χ1n) is 9.09. The van der Waals surface area contributed by atoms with Crippen molar-refractivity contribution in [1.82, 2.24) is 9.88 Å². The summed E-state index contributed by atoms with van der Waals surface area (Å²) in [5.74, 6) is 0. The third-order valence-corrected chi connectivity index (χ3v) is 5.02. The van der Waals surface area contributed by atoms with Crippen LogP contribution in [-0.4, -0.2) is 30.2 Å². The number of aromatic nitrogens is 1. The number of carbonyl (C=O) groups is 1. The summed E-state index contributed by atoms with van der Waals surface area (Å²) in [5.41, 5.74) is 3.17. The molecule has 1 aromatic heterocycles. The van der Waals surface area contributed by atoms with Crippen molar-refractivity contribution in [3.8, 4) is 0 Å². The number of pyridine rings is 1. The first-order chi connectivity index (χ1) is 13.1. The molecule has 0 atom stereocenters. The van der Waals surface area contributed by atoms with Gasteiger partial charge in [-0.15, -0.1) is 0 Å². The number of urea groups is 1. The lowest BCUT2D eigenvalue weighted by molar-refractivity contribution is 0.252. The molecule has 6 heteroatoms. The van der Waals surface area contributed by atoms with Crippen LogP contribution in [0, 0.1) is 0 Å². The molecule has 2 heterocycles. The summed E-state index contributed by atoms with van der Waals surface area (Å²) in [5, 5.41) is 7.09. The highest BCUT2D eigenvalue weighted by atomic mass is 16.2. The molecule has 2 aromatic carbocycles. The van der Waals surface area contributed by atoms with E-state index in [1.807, 2.05) is 12.1 Å². The zero-order chi connectivity index (χ0) is 18.8. The van der Waals surface area contributed by atoms with Gasteiger partial charge >= 0.3 is 6.03 Å². The van der Waals surface area contributed by atoms with Crippen LogP contribution in [-0.2, 0) is 13.5 Å². The van der Waals surface area contributed by atoms with Gasteiger partial charge in [0.05, 0.1) is 5.69 Å². The van der Waals surface area contributed by atoms with Crippen LogP contribution in [0.5, 0.6) is 0 Å². The van der Waals surface area contributed by atoms with E-state index in [1.54, 1.807) is 31.4 Å². The highest BCUT2D eigenvalue weighted by Gasteiger charge is 2.17. The van der Waals surface area contributed by atoms with Gasteiger partial charge < -0.3 is 20.1 Å². The van der Waals surface area contributed by atoms with Crippen LogP contribution in [0.3, 0.4) is 0 Å². The quantitative estimate of drug-likeness (QED) is 0.750. The number of fused-ring (bicyclic) bond motifs is 2. The molecule has 0 spiro atoms. The number of benzene rings is 2. The Morgan fingerprint density at radius 1 is 1.07 bits per heavy atom. The number of aryl methyl sites for hydroxylation is 1. The monoisotopic (exact) mass is 362 g/mol. The van der Waals surface area contributed by atoms with E-state index in [0.717, 1.165) is 24.9 Å². The molecule has 0 radical (unpaired) electrons. The molecule has 4 rings (SSSR count). The minimum absolute atomic E-state index is 0.0794. The van der Waals surface area contributed by atoms with Gasteiger partial charge in [0, 0.05) is 49.3 Å². The maximum atomic E-state index is 12.3. The molecule has 2 amide bonds. The number of rotatable bonds is 4. The number of nitrogens with one attached hydrogen (secondary N) is 2. The number of nitrogens with zero attached hydrogens (tertiary/aromatic N) is 2. The molecule has 0 fully saturated rings. The lowest BCUT2D eigenvalue weighted by Gasteiger charge is -2.19. The fourth-order valence-electron chi connectivity index (χ4n) is 3.59. The SMILES string of the molecule is Cn1ccc2c(NC(=O)NCCN3CCc4ccccc43)cccc2c1=O. The van der Waals surface area contributed by atoms with Crippen molar-refractivity contribution in [2.75, 3.05) is 29.9 Å². The van der Waals surface area contributed by atoms with Crippen LogP contribution < -0.4 is 21.1 Å². The topological polar surface area (TPSA) is 66.4 Å². The molecule has 2 N–H and O–H groups in total. The number of hydrogen-bond donors (Lipinski definition) is 2. The Morgan fingerprint density at radius 3 is 2.81 bits per heavy atom. The molecule has 6 nitrogen and oxygen atoms in total. The fraction of sp³-hybridized carbons (Fsp3) is 0.238. The fourth-order valence-corrected chi connectivity index (χ4v) is 3.59. The predicted molar refractivity (Wildman–Crippen MR) is 109 cm³/mol. The van der Waals surface area contributed by atoms with Crippen LogP contribution in [0.25, 0.3) is 10.8 Å². The molecular formula is C21H22N4O2. The Morgan fingerprint density at radius 2 is 1.93 bits per heavy atom. The summed E-state index contributed by atoms with van der Waals surface area (Å²) in [4.78, 5) is 26.8. The van der Waals surface area contributed by atoms with Gasteiger partial charge in [-0.3, -0.25) is 4.79 Å². The predicted octanol–water partition coefficient (Wildman–Crippen LogP) is 2.72. The van der Waals surface area contributed by atoms with Crippen LogP contribution in [0.15, 0.2) is 59.5 Å². The van der Waals surface area contributed by atoms with Gasteiger partial charge in [0.25, 0.3) is 5.56 Å². The molecule has 0 aliphatic carbocycles. The standard InChI is InChI=1S/C21H22N4O2/c1-24-12-10-16-17(20(24)26)6-4-7-18(16)23-21(27)22-11-14-25-13-9-15-5-2-3-8-19(15)25/h2-8,10,12H,9,11,13-14H2,1H3,(H2,22,23,27). The Kier molecular flexibility index (Phi) is 4.54. The average molecular weight is 362 g/mol. The Labute approximate surface area is 157 Å². The second-order valence-corrected chi connectivity index (χ2v) is 6.75. The van der Waals surface area contributed by atoms with Crippen molar-refractivity contribution < 1.29 is 4.79 Å². The van der Waals surface area contributed by atoms with Crippen LogP contribution in [0.2, 0.25) is 0 Å². The molecule has 3 aromatic rings. The minimum Gasteiger partial charge on any atom is -0.369 e. The van der Waals surface area contributed by atoms with Gasteiger partial charge in [-0.05, 0) is 36.2 Å². The molecule has 0 saturated heterocycles. The van der Waals surface area contributed by atoms with E-state index in [9.17, 15) is 9.59 Å². The lowest BCUT2D eigenvalue weighted by atomic mass is 10.1.